The van der Waals surface area contributed by atoms with Crippen LogP contribution in [0, 0.1) is 0 Å². The molecular weight excluding hydrogens is 442 g/mol. The number of carbonyl (C=O) groups is 3. The topological polar surface area (TPSA) is 79.0 Å². The molecule has 1 spiro atoms. The minimum Gasteiger partial charge on any atom is -0.489 e. The molecule has 0 saturated carbocycles. The number of rotatable bonds is 3. The Morgan fingerprint density at radius 3 is 2.57 bits per heavy atom. The number of carbonyl (C=O) groups excluding carboxylic acids is 3. The summed E-state index contributed by atoms with van der Waals surface area (Å²) >= 11 is 0. The molecule has 3 aliphatic rings. The molecule has 0 unspecified atom stereocenters. The van der Waals surface area contributed by atoms with Gasteiger partial charge in [0, 0.05) is 0 Å². The van der Waals surface area contributed by atoms with Crippen LogP contribution in [-0.4, -0.2) is 35.9 Å². The zero-order chi connectivity index (χ0) is 24.0. The van der Waals surface area contributed by atoms with Crippen molar-refractivity contribution in [1.29, 1.82) is 0 Å². The molecule has 1 fully saturated rings. The Labute approximate surface area is 203 Å². The largest absolute Gasteiger partial charge is 0.489 e. The fraction of sp³-hybridized carbons (Fsp3) is 0.250. The van der Waals surface area contributed by atoms with Gasteiger partial charge in [0.2, 0.25) is 5.91 Å². The second-order valence-electron chi connectivity index (χ2n) is 9.21. The lowest BCUT2D eigenvalue weighted by Gasteiger charge is -2.38. The second kappa shape index (κ2) is 8.27. The number of anilines is 1. The third-order valence-corrected chi connectivity index (χ3v) is 7.23. The van der Waals surface area contributed by atoms with Crippen molar-refractivity contribution in [3.8, 4) is 5.75 Å². The molecule has 1 N–H and O–H groups in total. The highest BCUT2D eigenvalue weighted by Gasteiger charge is 2.54. The Balaban J connectivity index is 1.33. The Morgan fingerprint density at radius 1 is 0.971 bits per heavy atom. The first-order chi connectivity index (χ1) is 17.1. The molecule has 7 heteroatoms. The molecule has 6 rings (SSSR count). The highest BCUT2D eigenvalue weighted by Crippen LogP contribution is 2.42. The van der Waals surface area contributed by atoms with Crippen molar-refractivity contribution in [1.82, 2.24) is 10.2 Å². The molecule has 0 radical (unpaired) electrons. The molecule has 1 saturated heterocycles. The lowest BCUT2D eigenvalue weighted by molar-refractivity contribution is -0.135. The van der Waals surface area contributed by atoms with Crippen LogP contribution in [0.25, 0.3) is 0 Å². The van der Waals surface area contributed by atoms with Gasteiger partial charge in [0.05, 0.1) is 11.7 Å². The van der Waals surface area contributed by atoms with Crippen LogP contribution in [0.2, 0.25) is 0 Å². The molecule has 176 valence electrons. The van der Waals surface area contributed by atoms with E-state index in [1.807, 2.05) is 78.9 Å². The molecule has 0 bridgehead atoms. The highest BCUT2D eigenvalue weighted by molar-refractivity contribution is 6.11. The van der Waals surface area contributed by atoms with Crippen molar-refractivity contribution in [2.24, 2.45) is 0 Å². The fourth-order valence-electron chi connectivity index (χ4n) is 5.58. The van der Waals surface area contributed by atoms with Crippen molar-refractivity contribution >= 4 is 23.5 Å². The Kier molecular flexibility index (Phi) is 5.06. The van der Waals surface area contributed by atoms with E-state index in [-0.39, 0.29) is 31.0 Å². The van der Waals surface area contributed by atoms with E-state index in [4.69, 9.17) is 4.74 Å². The molecule has 3 aromatic carbocycles. The summed E-state index contributed by atoms with van der Waals surface area (Å²) in [6, 6.07) is 23.8. The standard InChI is InChI=1S/C28H25N3O4/c32-25(31-22-14-6-7-15-24(22)35-18-23(31)20-10-2-1-3-11-20)17-30-26(33)28(29-27(30)34)16-8-12-19-9-4-5-13-21(19)28/h1-7,9-11,13-15,23H,8,12,16-18H2,(H,29,34)/t23-,28+/m1/s1. The zero-order valence-electron chi connectivity index (χ0n) is 19.1. The second-order valence-corrected chi connectivity index (χ2v) is 9.21. The third kappa shape index (κ3) is 3.38. The first-order valence-electron chi connectivity index (χ1n) is 11.9. The van der Waals surface area contributed by atoms with Crippen LogP contribution in [0.15, 0.2) is 78.9 Å². The maximum absolute atomic E-state index is 13.8. The number of amides is 4. The SMILES string of the molecule is O=C1N[C@]2(CCCc3ccccc32)C(=O)N1CC(=O)N1c2ccccc2OC[C@@H]1c1ccccc1. The van der Waals surface area contributed by atoms with E-state index in [0.29, 0.717) is 17.9 Å². The van der Waals surface area contributed by atoms with Gasteiger partial charge in [0.25, 0.3) is 5.91 Å². The number of nitrogens with zero attached hydrogens (tertiary/aromatic N) is 2. The van der Waals surface area contributed by atoms with Crippen molar-refractivity contribution in [2.45, 2.75) is 30.8 Å². The number of ether oxygens (including phenoxy) is 1. The van der Waals surface area contributed by atoms with Crippen LogP contribution >= 0.6 is 0 Å². The van der Waals surface area contributed by atoms with E-state index in [0.717, 1.165) is 34.4 Å². The van der Waals surface area contributed by atoms with Gasteiger partial charge in [-0.2, -0.15) is 0 Å². The van der Waals surface area contributed by atoms with Crippen molar-refractivity contribution < 1.29 is 19.1 Å². The van der Waals surface area contributed by atoms with Gasteiger partial charge in [-0.25, -0.2) is 4.79 Å². The van der Waals surface area contributed by atoms with Gasteiger partial charge >= 0.3 is 6.03 Å². The van der Waals surface area contributed by atoms with Crippen molar-refractivity contribution in [3.63, 3.8) is 0 Å². The van der Waals surface area contributed by atoms with Gasteiger partial charge in [0.1, 0.15) is 24.4 Å². The smallest absolute Gasteiger partial charge is 0.325 e. The summed E-state index contributed by atoms with van der Waals surface area (Å²) in [4.78, 5) is 43.3. The molecule has 0 aromatic heterocycles. The quantitative estimate of drug-likeness (QED) is 0.592. The van der Waals surface area contributed by atoms with E-state index in [9.17, 15) is 14.4 Å². The van der Waals surface area contributed by atoms with Gasteiger partial charge in [-0.1, -0.05) is 66.7 Å². The summed E-state index contributed by atoms with van der Waals surface area (Å²) in [6.07, 6.45) is 2.17. The lowest BCUT2D eigenvalue weighted by atomic mass is 9.76. The van der Waals surface area contributed by atoms with Crippen LogP contribution < -0.4 is 15.0 Å². The zero-order valence-corrected chi connectivity index (χ0v) is 19.1. The molecule has 3 aromatic rings. The molecule has 1 aliphatic carbocycles. The summed E-state index contributed by atoms with van der Waals surface area (Å²) in [6.45, 7) is -0.0591. The normalized spacial score (nSPS) is 22.9. The number of fused-ring (bicyclic) bond motifs is 3. The van der Waals surface area contributed by atoms with Gasteiger partial charge in [-0.05, 0) is 48.1 Å². The van der Waals surface area contributed by atoms with Crippen LogP contribution in [0.5, 0.6) is 5.75 Å². The molecular formula is C28H25N3O4. The first kappa shape index (κ1) is 21.4. The highest BCUT2D eigenvalue weighted by atomic mass is 16.5. The average Bonchev–Trinajstić information content (AvgIpc) is 3.13. The molecule has 7 nitrogen and oxygen atoms in total. The first-order valence-corrected chi connectivity index (χ1v) is 11.9. The van der Waals surface area contributed by atoms with Crippen LogP contribution in [0.4, 0.5) is 10.5 Å². The minimum absolute atomic E-state index is 0.282. The molecule has 2 heterocycles. The number of urea groups is 1. The van der Waals surface area contributed by atoms with Gasteiger partial charge < -0.3 is 10.1 Å². The number of nitrogens with one attached hydrogen (secondary N) is 1. The molecule has 2 aliphatic heterocycles. The third-order valence-electron chi connectivity index (χ3n) is 7.23. The van der Waals surface area contributed by atoms with E-state index < -0.39 is 11.6 Å². The fourth-order valence-corrected chi connectivity index (χ4v) is 5.58. The van der Waals surface area contributed by atoms with Crippen LogP contribution in [0.3, 0.4) is 0 Å². The summed E-state index contributed by atoms with van der Waals surface area (Å²) < 4.78 is 5.96. The van der Waals surface area contributed by atoms with Crippen molar-refractivity contribution in [2.75, 3.05) is 18.1 Å². The lowest BCUT2D eigenvalue weighted by Crippen LogP contribution is -2.49. The number of benzene rings is 3. The predicted octanol–water partition coefficient (Wildman–Crippen LogP) is 3.94. The van der Waals surface area contributed by atoms with E-state index >= 15 is 0 Å². The number of aryl methyl sites for hydroxylation is 1. The van der Waals surface area contributed by atoms with Crippen molar-refractivity contribution in [3.05, 3.63) is 95.6 Å². The summed E-state index contributed by atoms with van der Waals surface area (Å²) in [5.74, 6) is -0.0945. The Hall–Kier alpha value is -4.13. The van der Waals surface area contributed by atoms with Gasteiger partial charge in [-0.15, -0.1) is 0 Å². The minimum atomic E-state index is -1.10. The molecule has 2 atom stereocenters. The molecule has 4 amide bonds. The summed E-state index contributed by atoms with van der Waals surface area (Å²) in [5.41, 5.74) is 2.34. The van der Waals surface area contributed by atoms with Gasteiger partial charge in [-0.3, -0.25) is 19.4 Å². The maximum Gasteiger partial charge on any atom is 0.325 e. The Morgan fingerprint density at radius 2 is 1.71 bits per heavy atom. The Bertz CT molecular complexity index is 1320. The van der Waals surface area contributed by atoms with Crippen LogP contribution in [-0.2, 0) is 21.5 Å². The van der Waals surface area contributed by atoms with Gasteiger partial charge in [0.15, 0.2) is 0 Å². The van der Waals surface area contributed by atoms with E-state index in [1.165, 1.54) is 0 Å². The number of imide groups is 1. The van der Waals surface area contributed by atoms with E-state index in [2.05, 4.69) is 5.32 Å². The maximum atomic E-state index is 13.8. The number of hydrogen-bond acceptors (Lipinski definition) is 4. The van der Waals surface area contributed by atoms with Crippen LogP contribution in [0.1, 0.15) is 35.6 Å². The number of hydrogen-bond donors (Lipinski definition) is 1. The predicted molar refractivity (Wildman–Crippen MR) is 130 cm³/mol. The average molecular weight is 468 g/mol. The summed E-state index contributed by atoms with van der Waals surface area (Å²) in [5, 5.41) is 2.94. The monoisotopic (exact) mass is 467 g/mol. The van der Waals surface area contributed by atoms with E-state index in [1.54, 1.807) is 4.90 Å². The summed E-state index contributed by atoms with van der Waals surface area (Å²) in [7, 11) is 0. The molecule has 35 heavy (non-hydrogen) atoms. The number of para-hydroxylation sites is 2.